The first-order valence-electron chi connectivity index (χ1n) is 12.1. The molecule has 0 spiro atoms. The maximum absolute atomic E-state index is 13.7. The SMILES string of the molecule is COc1ccc(COC(=O)C2=C(C(C)OC(C)=O)CS[C@H]3N2C(=O)[C@]3(N=Cc2ccc([N+](=O)[O-])cc2)SC)cc1. The molecule has 1 amide bonds. The number of nitro benzene ring substituents is 1. The van der Waals surface area contributed by atoms with Gasteiger partial charge < -0.3 is 14.2 Å². The molecule has 0 saturated carbocycles. The minimum atomic E-state index is -1.22. The number of esters is 2. The van der Waals surface area contributed by atoms with E-state index < -0.39 is 39.1 Å². The highest BCUT2D eigenvalue weighted by Gasteiger charge is 2.65. The number of benzene rings is 2. The zero-order chi connectivity index (χ0) is 29.0. The van der Waals surface area contributed by atoms with Crippen molar-refractivity contribution in [2.75, 3.05) is 19.1 Å². The van der Waals surface area contributed by atoms with Crippen LogP contribution in [0.3, 0.4) is 0 Å². The lowest BCUT2D eigenvalue weighted by Gasteiger charge is -2.54. The normalized spacial score (nSPS) is 20.9. The van der Waals surface area contributed by atoms with Crippen molar-refractivity contribution in [1.29, 1.82) is 0 Å². The minimum Gasteiger partial charge on any atom is -0.497 e. The van der Waals surface area contributed by atoms with Crippen LogP contribution in [0.25, 0.3) is 0 Å². The maximum atomic E-state index is 13.7. The van der Waals surface area contributed by atoms with Crippen molar-refractivity contribution in [1.82, 2.24) is 4.90 Å². The quantitative estimate of drug-likeness (QED) is 0.132. The smallest absolute Gasteiger partial charge is 0.355 e. The van der Waals surface area contributed by atoms with E-state index in [0.29, 0.717) is 22.6 Å². The Kier molecular flexibility index (Phi) is 8.84. The molecule has 2 aromatic rings. The van der Waals surface area contributed by atoms with Gasteiger partial charge in [0, 0.05) is 36.6 Å². The molecule has 2 heterocycles. The summed E-state index contributed by atoms with van der Waals surface area (Å²) in [6, 6.07) is 12.8. The lowest BCUT2D eigenvalue weighted by atomic mass is 10.0. The van der Waals surface area contributed by atoms with E-state index in [2.05, 4.69) is 4.99 Å². The van der Waals surface area contributed by atoms with Gasteiger partial charge in [-0.3, -0.25) is 29.6 Å². The molecule has 0 radical (unpaired) electrons. The van der Waals surface area contributed by atoms with Gasteiger partial charge in [0.15, 0.2) is 0 Å². The Bertz CT molecular complexity index is 1380. The topological polar surface area (TPSA) is 138 Å². The number of aliphatic imine (C=N–C) groups is 1. The Morgan fingerprint density at radius 2 is 1.93 bits per heavy atom. The monoisotopic (exact) mass is 585 g/mol. The number of nitrogens with zero attached hydrogens (tertiary/aromatic N) is 3. The Balaban J connectivity index is 1.61. The number of thioether (sulfide) groups is 2. The molecule has 4 rings (SSSR count). The average molecular weight is 586 g/mol. The summed E-state index contributed by atoms with van der Waals surface area (Å²) in [4.78, 5) is 54.0. The summed E-state index contributed by atoms with van der Waals surface area (Å²) in [5, 5.41) is 10.4. The van der Waals surface area contributed by atoms with Crippen LogP contribution in [0.1, 0.15) is 25.0 Å². The van der Waals surface area contributed by atoms with Crippen LogP contribution in [0.15, 0.2) is 64.8 Å². The molecule has 1 saturated heterocycles. The second-order valence-electron chi connectivity index (χ2n) is 8.90. The van der Waals surface area contributed by atoms with Gasteiger partial charge in [0.1, 0.15) is 29.5 Å². The number of amides is 1. The molecule has 2 aromatic carbocycles. The number of carbonyl (C=O) groups is 3. The summed E-state index contributed by atoms with van der Waals surface area (Å²) in [6.07, 6.45) is 2.50. The highest BCUT2D eigenvalue weighted by molar-refractivity contribution is 8.05. The maximum Gasteiger partial charge on any atom is 0.355 e. The number of β-lactam (4-membered cyclic amide) rings is 1. The van der Waals surface area contributed by atoms with E-state index >= 15 is 0 Å². The number of ether oxygens (including phenoxy) is 3. The Morgan fingerprint density at radius 1 is 1.25 bits per heavy atom. The summed E-state index contributed by atoms with van der Waals surface area (Å²) in [5.74, 6) is -0.669. The van der Waals surface area contributed by atoms with E-state index in [-0.39, 0.29) is 18.0 Å². The Labute approximate surface area is 239 Å². The molecule has 11 nitrogen and oxygen atoms in total. The van der Waals surface area contributed by atoms with E-state index in [4.69, 9.17) is 14.2 Å². The molecule has 0 aromatic heterocycles. The second-order valence-corrected chi connectivity index (χ2v) is 11.0. The van der Waals surface area contributed by atoms with Crippen LogP contribution in [-0.4, -0.2) is 69.4 Å². The fourth-order valence-corrected chi connectivity index (χ4v) is 6.98. The number of rotatable bonds is 10. The molecule has 13 heteroatoms. The highest BCUT2D eigenvalue weighted by atomic mass is 32.2. The number of hydrogen-bond donors (Lipinski definition) is 0. The van der Waals surface area contributed by atoms with Gasteiger partial charge in [0.2, 0.25) is 4.87 Å². The van der Waals surface area contributed by atoms with Crippen molar-refractivity contribution in [3.63, 3.8) is 0 Å². The molecular weight excluding hydrogens is 558 g/mol. The zero-order valence-electron chi connectivity index (χ0n) is 22.2. The fraction of sp³-hybridized carbons (Fsp3) is 0.333. The van der Waals surface area contributed by atoms with Gasteiger partial charge >= 0.3 is 11.9 Å². The lowest BCUT2D eigenvalue weighted by Crippen LogP contribution is -2.71. The second kappa shape index (κ2) is 12.1. The van der Waals surface area contributed by atoms with E-state index in [0.717, 1.165) is 5.56 Å². The molecule has 0 N–H and O–H groups in total. The van der Waals surface area contributed by atoms with Gasteiger partial charge in [-0.1, -0.05) is 12.1 Å². The van der Waals surface area contributed by atoms with Gasteiger partial charge in [-0.25, -0.2) is 4.79 Å². The fourth-order valence-electron chi connectivity index (χ4n) is 4.30. The van der Waals surface area contributed by atoms with Gasteiger partial charge in [0.05, 0.1) is 12.0 Å². The molecular formula is C27H27N3O8S2. The third-order valence-corrected chi connectivity index (χ3v) is 9.03. The molecule has 2 aliphatic heterocycles. The van der Waals surface area contributed by atoms with Crippen molar-refractivity contribution in [2.45, 2.75) is 36.8 Å². The lowest BCUT2D eigenvalue weighted by molar-refractivity contribution is -0.384. The molecule has 1 unspecified atom stereocenters. The largest absolute Gasteiger partial charge is 0.497 e. The molecule has 40 heavy (non-hydrogen) atoms. The number of methoxy groups -OCH3 is 1. The summed E-state index contributed by atoms with van der Waals surface area (Å²) < 4.78 is 16.1. The van der Waals surface area contributed by atoms with Crippen molar-refractivity contribution >= 4 is 53.3 Å². The molecule has 0 bridgehead atoms. The number of non-ortho nitro benzene ring substituents is 1. The van der Waals surface area contributed by atoms with Gasteiger partial charge in [-0.2, -0.15) is 0 Å². The first-order valence-corrected chi connectivity index (χ1v) is 14.4. The highest BCUT2D eigenvalue weighted by Crippen LogP contribution is 2.53. The van der Waals surface area contributed by atoms with Crippen LogP contribution in [0.5, 0.6) is 5.75 Å². The molecule has 2 aliphatic rings. The van der Waals surface area contributed by atoms with Crippen LogP contribution in [0.2, 0.25) is 0 Å². The van der Waals surface area contributed by atoms with Gasteiger partial charge in [0.25, 0.3) is 11.6 Å². The van der Waals surface area contributed by atoms with Gasteiger partial charge in [-0.05, 0) is 48.6 Å². The summed E-state index contributed by atoms with van der Waals surface area (Å²) in [7, 11) is 1.56. The number of hydrogen-bond acceptors (Lipinski definition) is 11. The molecule has 3 atom stereocenters. The van der Waals surface area contributed by atoms with Crippen molar-refractivity contribution in [2.24, 2.45) is 4.99 Å². The summed E-state index contributed by atoms with van der Waals surface area (Å²) >= 11 is 2.64. The van der Waals surface area contributed by atoms with E-state index in [1.807, 2.05) is 0 Å². The predicted octanol–water partition coefficient (Wildman–Crippen LogP) is 3.95. The Hall–Kier alpha value is -3.84. The van der Waals surface area contributed by atoms with Crippen molar-refractivity contribution in [3.05, 3.63) is 81.0 Å². The number of fused-ring (bicyclic) bond motifs is 1. The van der Waals surface area contributed by atoms with E-state index in [9.17, 15) is 24.5 Å². The average Bonchev–Trinajstić information content (AvgIpc) is 2.95. The third-order valence-electron chi connectivity index (χ3n) is 6.41. The van der Waals surface area contributed by atoms with Crippen molar-refractivity contribution in [3.8, 4) is 5.75 Å². The molecule has 1 fully saturated rings. The summed E-state index contributed by atoms with van der Waals surface area (Å²) in [6.45, 7) is 2.89. The number of carbonyl (C=O) groups excluding carboxylic acids is 3. The third kappa shape index (κ3) is 5.70. The first-order chi connectivity index (χ1) is 19.1. The van der Waals surface area contributed by atoms with Crippen LogP contribution < -0.4 is 4.74 Å². The molecule has 210 valence electrons. The summed E-state index contributed by atoms with van der Waals surface area (Å²) in [5.41, 5.74) is 1.78. The van der Waals surface area contributed by atoms with Crippen LogP contribution in [0, 0.1) is 10.1 Å². The van der Waals surface area contributed by atoms with E-state index in [1.165, 1.54) is 53.7 Å². The Morgan fingerprint density at radius 3 is 2.50 bits per heavy atom. The number of nitro groups is 1. The predicted molar refractivity (Wildman–Crippen MR) is 151 cm³/mol. The molecule has 0 aliphatic carbocycles. The standard InChI is InChI=1S/C27H27N3O8S2/c1-16(38-17(2)31)22-15-40-26-27(39-4,28-13-18-5-9-20(10-6-18)30(34)35)25(33)29(26)23(22)24(32)37-14-19-7-11-21(36-3)12-8-19/h5-13,16,26H,14-15H2,1-4H3/t16?,26-,27+/m1/s1. The van der Waals surface area contributed by atoms with E-state index in [1.54, 1.807) is 56.7 Å². The van der Waals surface area contributed by atoms with Crippen molar-refractivity contribution < 1.29 is 33.5 Å². The van der Waals surface area contributed by atoms with Crippen LogP contribution >= 0.6 is 23.5 Å². The minimum absolute atomic E-state index is 0.0344. The van der Waals surface area contributed by atoms with Crippen LogP contribution in [-0.2, 0) is 30.5 Å². The van der Waals surface area contributed by atoms with Gasteiger partial charge in [-0.15, -0.1) is 23.5 Å². The first kappa shape index (κ1) is 29.2. The zero-order valence-corrected chi connectivity index (χ0v) is 23.8. The van der Waals surface area contributed by atoms with Crippen LogP contribution in [0.4, 0.5) is 5.69 Å².